The first-order chi connectivity index (χ1) is 13.8. The summed E-state index contributed by atoms with van der Waals surface area (Å²) in [5.41, 5.74) is 0.650. The molecular weight excluding hydrogens is 412 g/mol. The van der Waals surface area contributed by atoms with Crippen LogP contribution in [0.4, 0.5) is 5.13 Å². The van der Waals surface area contributed by atoms with Gasteiger partial charge in [0.05, 0.1) is 28.3 Å². The maximum atomic E-state index is 12.1. The molecule has 1 aromatic heterocycles. The molecule has 0 bridgehead atoms. The molecule has 2 aromatic carbocycles. The molecule has 1 heterocycles. The van der Waals surface area contributed by atoms with Gasteiger partial charge in [-0.3, -0.25) is 4.79 Å². The monoisotopic (exact) mass is 434 g/mol. The van der Waals surface area contributed by atoms with Crippen LogP contribution >= 0.6 is 11.3 Å². The summed E-state index contributed by atoms with van der Waals surface area (Å²) in [6, 6.07) is 12.1. The van der Waals surface area contributed by atoms with Crippen molar-refractivity contribution < 1.29 is 22.7 Å². The molecule has 9 heteroatoms. The molecule has 0 aliphatic carbocycles. The van der Waals surface area contributed by atoms with Crippen molar-refractivity contribution in [1.82, 2.24) is 4.98 Å². The number of nitrogens with one attached hydrogen (secondary N) is 1. The van der Waals surface area contributed by atoms with Crippen LogP contribution in [0.1, 0.15) is 19.8 Å². The van der Waals surface area contributed by atoms with Crippen LogP contribution in [0.15, 0.2) is 47.4 Å². The fourth-order valence-corrected chi connectivity index (χ4v) is 4.24. The number of rotatable bonds is 9. The SMILES string of the molecule is CCOc1ccc(OCCCC(=O)Nc2nc3ccc(S(C)(=O)=O)cc3s2)cc1. The number of amides is 1. The molecule has 0 aliphatic rings. The molecule has 0 fully saturated rings. The predicted molar refractivity (Wildman–Crippen MR) is 114 cm³/mol. The number of thiazole rings is 1. The van der Waals surface area contributed by atoms with E-state index in [4.69, 9.17) is 9.47 Å². The highest BCUT2D eigenvalue weighted by Crippen LogP contribution is 2.28. The summed E-state index contributed by atoms with van der Waals surface area (Å²) in [6.07, 6.45) is 2.01. The van der Waals surface area contributed by atoms with Gasteiger partial charge in [-0.25, -0.2) is 13.4 Å². The van der Waals surface area contributed by atoms with E-state index in [0.29, 0.717) is 41.4 Å². The van der Waals surface area contributed by atoms with Crippen molar-refractivity contribution in [2.75, 3.05) is 24.8 Å². The van der Waals surface area contributed by atoms with E-state index >= 15 is 0 Å². The Morgan fingerprint density at radius 3 is 2.45 bits per heavy atom. The van der Waals surface area contributed by atoms with Crippen LogP contribution in [-0.4, -0.2) is 38.8 Å². The van der Waals surface area contributed by atoms with E-state index < -0.39 is 9.84 Å². The van der Waals surface area contributed by atoms with Crippen LogP contribution in [0.3, 0.4) is 0 Å². The number of ether oxygens (including phenoxy) is 2. The molecule has 7 nitrogen and oxygen atoms in total. The maximum Gasteiger partial charge on any atom is 0.226 e. The Bertz CT molecular complexity index is 1090. The topological polar surface area (TPSA) is 94.6 Å². The number of hydrogen-bond acceptors (Lipinski definition) is 7. The second-order valence-corrected chi connectivity index (χ2v) is 9.37. The lowest BCUT2D eigenvalue weighted by atomic mass is 10.3. The molecule has 3 aromatic rings. The predicted octanol–water partition coefficient (Wildman–Crippen LogP) is 3.90. The fourth-order valence-electron chi connectivity index (χ4n) is 2.59. The zero-order chi connectivity index (χ0) is 20.9. The lowest BCUT2D eigenvalue weighted by Crippen LogP contribution is -2.12. The second kappa shape index (κ2) is 9.23. The van der Waals surface area contributed by atoms with Gasteiger partial charge in [-0.15, -0.1) is 0 Å². The maximum absolute atomic E-state index is 12.1. The third-order valence-corrected chi connectivity index (χ3v) is 6.03. The zero-order valence-corrected chi connectivity index (χ0v) is 17.8. The summed E-state index contributed by atoms with van der Waals surface area (Å²) in [7, 11) is -3.28. The second-order valence-electron chi connectivity index (χ2n) is 6.33. The normalized spacial score (nSPS) is 11.4. The van der Waals surface area contributed by atoms with Crippen molar-refractivity contribution in [3.05, 3.63) is 42.5 Å². The standard InChI is InChI=1S/C20H22N2O5S2/c1-3-26-14-6-8-15(9-7-14)27-12-4-5-19(23)22-20-21-17-11-10-16(29(2,24)25)13-18(17)28-20/h6-11,13H,3-5,12H2,1-2H3,(H,21,22,23). The molecule has 0 radical (unpaired) electrons. The van der Waals surface area contributed by atoms with Crippen molar-refractivity contribution in [2.24, 2.45) is 0 Å². The van der Waals surface area contributed by atoms with Gasteiger partial charge in [-0.2, -0.15) is 0 Å². The highest BCUT2D eigenvalue weighted by molar-refractivity contribution is 7.90. The highest BCUT2D eigenvalue weighted by Gasteiger charge is 2.12. The van der Waals surface area contributed by atoms with Gasteiger partial charge in [0.25, 0.3) is 0 Å². The van der Waals surface area contributed by atoms with Gasteiger partial charge in [0.2, 0.25) is 5.91 Å². The van der Waals surface area contributed by atoms with Crippen LogP contribution in [0.2, 0.25) is 0 Å². The van der Waals surface area contributed by atoms with Crippen LogP contribution in [0.5, 0.6) is 11.5 Å². The van der Waals surface area contributed by atoms with Gasteiger partial charge in [0.1, 0.15) is 11.5 Å². The number of fused-ring (bicyclic) bond motifs is 1. The summed E-state index contributed by atoms with van der Waals surface area (Å²) < 4.78 is 35.0. The highest BCUT2D eigenvalue weighted by atomic mass is 32.2. The Labute approximate surface area is 173 Å². The molecule has 1 N–H and O–H groups in total. The first-order valence-corrected chi connectivity index (χ1v) is 11.8. The van der Waals surface area contributed by atoms with E-state index in [2.05, 4.69) is 10.3 Å². The first kappa shape index (κ1) is 21.1. The van der Waals surface area contributed by atoms with Gasteiger partial charge in [-0.05, 0) is 55.8 Å². The van der Waals surface area contributed by atoms with E-state index in [1.54, 1.807) is 12.1 Å². The van der Waals surface area contributed by atoms with Crippen LogP contribution < -0.4 is 14.8 Å². The molecule has 0 aliphatic heterocycles. The molecule has 0 atom stereocenters. The average Bonchev–Trinajstić information content (AvgIpc) is 3.07. The zero-order valence-electron chi connectivity index (χ0n) is 16.2. The summed E-state index contributed by atoms with van der Waals surface area (Å²) in [6.45, 7) is 2.96. The molecule has 1 amide bonds. The van der Waals surface area contributed by atoms with Gasteiger partial charge >= 0.3 is 0 Å². The number of benzene rings is 2. The van der Waals surface area contributed by atoms with Crippen molar-refractivity contribution in [1.29, 1.82) is 0 Å². The van der Waals surface area contributed by atoms with Gasteiger partial charge in [-0.1, -0.05) is 11.3 Å². The molecule has 0 saturated heterocycles. The van der Waals surface area contributed by atoms with E-state index in [1.807, 2.05) is 31.2 Å². The minimum absolute atomic E-state index is 0.164. The third kappa shape index (κ3) is 5.91. The third-order valence-electron chi connectivity index (χ3n) is 3.99. The first-order valence-electron chi connectivity index (χ1n) is 9.11. The Morgan fingerprint density at radius 2 is 1.79 bits per heavy atom. The lowest BCUT2D eigenvalue weighted by Gasteiger charge is -2.07. The van der Waals surface area contributed by atoms with Gasteiger partial charge in [0, 0.05) is 12.7 Å². The van der Waals surface area contributed by atoms with E-state index in [-0.39, 0.29) is 10.8 Å². The van der Waals surface area contributed by atoms with E-state index in [1.165, 1.54) is 17.4 Å². The smallest absolute Gasteiger partial charge is 0.226 e. The lowest BCUT2D eigenvalue weighted by molar-refractivity contribution is -0.116. The Hall–Kier alpha value is -2.65. The number of carbonyl (C=O) groups excluding carboxylic acids is 1. The molecule has 0 saturated carbocycles. The quantitative estimate of drug-likeness (QED) is 0.513. The van der Waals surface area contributed by atoms with Gasteiger partial charge < -0.3 is 14.8 Å². The number of nitrogens with zero attached hydrogens (tertiary/aromatic N) is 1. The number of sulfone groups is 1. The summed E-state index contributed by atoms with van der Waals surface area (Å²) >= 11 is 1.25. The minimum atomic E-state index is -3.28. The average molecular weight is 435 g/mol. The van der Waals surface area contributed by atoms with Gasteiger partial charge in [0.15, 0.2) is 15.0 Å². The van der Waals surface area contributed by atoms with E-state index in [0.717, 1.165) is 17.8 Å². The van der Waals surface area contributed by atoms with Crippen molar-refractivity contribution >= 4 is 42.4 Å². The number of hydrogen-bond donors (Lipinski definition) is 1. The number of aromatic nitrogens is 1. The Balaban J connectivity index is 1.48. The number of anilines is 1. The summed E-state index contributed by atoms with van der Waals surface area (Å²) in [4.78, 5) is 16.7. The van der Waals surface area contributed by atoms with Crippen molar-refractivity contribution in [3.8, 4) is 11.5 Å². The summed E-state index contributed by atoms with van der Waals surface area (Å²) in [5.74, 6) is 1.35. The van der Waals surface area contributed by atoms with E-state index in [9.17, 15) is 13.2 Å². The molecule has 0 unspecified atom stereocenters. The fraction of sp³-hybridized carbons (Fsp3) is 0.300. The van der Waals surface area contributed by atoms with Crippen molar-refractivity contribution in [2.45, 2.75) is 24.7 Å². The molecule has 3 rings (SSSR count). The molecule has 154 valence electrons. The number of carbonyl (C=O) groups is 1. The van der Waals surface area contributed by atoms with Crippen molar-refractivity contribution in [3.63, 3.8) is 0 Å². The molecular formula is C20H22N2O5S2. The largest absolute Gasteiger partial charge is 0.494 e. The molecule has 29 heavy (non-hydrogen) atoms. The van der Waals surface area contributed by atoms with Crippen LogP contribution in [0, 0.1) is 0 Å². The van der Waals surface area contributed by atoms with Crippen LogP contribution in [0.25, 0.3) is 10.2 Å². The van der Waals surface area contributed by atoms with Crippen LogP contribution in [-0.2, 0) is 14.6 Å². The minimum Gasteiger partial charge on any atom is -0.494 e. The Morgan fingerprint density at radius 1 is 1.10 bits per heavy atom. The summed E-state index contributed by atoms with van der Waals surface area (Å²) in [5, 5.41) is 3.20. The Kier molecular flexibility index (Phi) is 6.71. The molecule has 0 spiro atoms.